The van der Waals surface area contributed by atoms with Crippen LogP contribution in [0.25, 0.3) is 0 Å². The molecule has 2 aromatic rings. The van der Waals surface area contributed by atoms with Gasteiger partial charge in [0.2, 0.25) is 0 Å². The third kappa shape index (κ3) is 3.19. The summed E-state index contributed by atoms with van der Waals surface area (Å²) < 4.78 is 6.28. The molecule has 0 bridgehead atoms. The minimum absolute atomic E-state index is 0.402. The van der Waals surface area contributed by atoms with Gasteiger partial charge in [0.1, 0.15) is 12.4 Å². The fraction of sp³-hybridized carbons (Fsp3) is 0.0909. The summed E-state index contributed by atoms with van der Waals surface area (Å²) in [4.78, 5) is 1.01. The lowest BCUT2D eigenvalue weighted by Crippen LogP contribution is -1.97. The van der Waals surface area contributed by atoms with Crippen molar-refractivity contribution in [3.8, 4) is 5.75 Å². The minimum atomic E-state index is 0.402. The predicted octanol–water partition coefficient (Wildman–Crippen LogP) is 4.87. The first kappa shape index (κ1) is 12.8. The molecule has 0 aliphatic rings. The number of rotatable bonds is 3. The van der Waals surface area contributed by atoms with Crippen molar-refractivity contribution in [3.05, 3.63) is 43.5 Å². The molecular formula is C11H8Cl3NOS. The summed E-state index contributed by atoms with van der Waals surface area (Å²) in [5.41, 5.74) is 6.23. The largest absolute Gasteiger partial charge is 0.486 e. The van der Waals surface area contributed by atoms with Crippen molar-refractivity contribution in [1.29, 1.82) is 0 Å². The summed E-state index contributed by atoms with van der Waals surface area (Å²) >= 11 is 19.0. The van der Waals surface area contributed by atoms with E-state index in [4.69, 9.17) is 45.3 Å². The smallest absolute Gasteiger partial charge is 0.144 e. The Labute approximate surface area is 118 Å². The SMILES string of the molecule is Nc1cc(Cl)c(Cl)cc1OCc1ccc(Cl)s1. The van der Waals surface area contributed by atoms with Crippen LogP contribution in [0.2, 0.25) is 14.4 Å². The fourth-order valence-corrected chi connectivity index (χ4v) is 2.57. The van der Waals surface area contributed by atoms with Gasteiger partial charge in [0, 0.05) is 10.9 Å². The molecule has 0 saturated heterocycles. The van der Waals surface area contributed by atoms with Gasteiger partial charge in [0.25, 0.3) is 0 Å². The van der Waals surface area contributed by atoms with Crippen LogP contribution in [0.1, 0.15) is 4.88 Å². The van der Waals surface area contributed by atoms with E-state index >= 15 is 0 Å². The number of halogens is 3. The van der Waals surface area contributed by atoms with Gasteiger partial charge in [-0.05, 0) is 18.2 Å². The lowest BCUT2D eigenvalue weighted by atomic mass is 10.3. The van der Waals surface area contributed by atoms with Crippen LogP contribution in [-0.4, -0.2) is 0 Å². The van der Waals surface area contributed by atoms with E-state index < -0.39 is 0 Å². The lowest BCUT2D eigenvalue weighted by molar-refractivity contribution is 0.311. The van der Waals surface area contributed by atoms with Crippen LogP contribution >= 0.6 is 46.1 Å². The van der Waals surface area contributed by atoms with Gasteiger partial charge in [-0.2, -0.15) is 0 Å². The molecule has 2 nitrogen and oxygen atoms in total. The van der Waals surface area contributed by atoms with Crippen molar-refractivity contribution < 1.29 is 4.74 Å². The van der Waals surface area contributed by atoms with Gasteiger partial charge in [-0.15, -0.1) is 11.3 Å². The molecule has 1 aromatic heterocycles. The molecule has 0 radical (unpaired) electrons. The number of benzene rings is 1. The van der Waals surface area contributed by atoms with E-state index in [9.17, 15) is 0 Å². The fourth-order valence-electron chi connectivity index (χ4n) is 1.25. The van der Waals surface area contributed by atoms with E-state index in [1.807, 2.05) is 12.1 Å². The molecule has 0 aliphatic heterocycles. The van der Waals surface area contributed by atoms with Crippen LogP contribution in [0.3, 0.4) is 0 Å². The van der Waals surface area contributed by atoms with Gasteiger partial charge in [0.05, 0.1) is 20.1 Å². The van der Waals surface area contributed by atoms with E-state index in [1.165, 1.54) is 11.3 Å². The quantitative estimate of drug-likeness (QED) is 0.821. The van der Waals surface area contributed by atoms with E-state index in [2.05, 4.69) is 0 Å². The summed E-state index contributed by atoms with van der Waals surface area (Å²) in [6, 6.07) is 6.90. The molecule has 0 unspecified atom stereocenters. The highest BCUT2D eigenvalue weighted by atomic mass is 35.5. The maximum Gasteiger partial charge on any atom is 0.144 e. The highest BCUT2D eigenvalue weighted by molar-refractivity contribution is 7.16. The summed E-state index contributed by atoms with van der Waals surface area (Å²) in [6.07, 6.45) is 0. The first-order chi connectivity index (χ1) is 8.06. The van der Waals surface area contributed by atoms with Crippen LogP contribution in [0.5, 0.6) is 5.75 Å². The van der Waals surface area contributed by atoms with Crippen molar-refractivity contribution in [1.82, 2.24) is 0 Å². The Bertz CT molecular complexity index is 542. The average molecular weight is 309 g/mol. The second kappa shape index (κ2) is 5.36. The molecule has 0 fully saturated rings. The van der Waals surface area contributed by atoms with Crippen molar-refractivity contribution >= 4 is 51.8 Å². The molecule has 2 N–H and O–H groups in total. The van der Waals surface area contributed by atoms with Gasteiger partial charge in [-0.1, -0.05) is 34.8 Å². The maximum atomic E-state index is 5.89. The van der Waals surface area contributed by atoms with Crippen molar-refractivity contribution in [2.75, 3.05) is 5.73 Å². The van der Waals surface area contributed by atoms with Gasteiger partial charge in [-0.25, -0.2) is 0 Å². The van der Waals surface area contributed by atoms with Crippen LogP contribution in [-0.2, 0) is 6.61 Å². The third-order valence-corrected chi connectivity index (χ3v) is 3.98. The van der Waals surface area contributed by atoms with E-state index in [-0.39, 0.29) is 0 Å². The topological polar surface area (TPSA) is 35.2 Å². The molecule has 0 amide bonds. The molecule has 17 heavy (non-hydrogen) atoms. The zero-order chi connectivity index (χ0) is 12.4. The Balaban J connectivity index is 2.11. The molecule has 90 valence electrons. The highest BCUT2D eigenvalue weighted by Crippen LogP contribution is 2.33. The molecule has 0 atom stereocenters. The lowest BCUT2D eigenvalue weighted by Gasteiger charge is -2.09. The van der Waals surface area contributed by atoms with E-state index in [0.717, 1.165) is 9.21 Å². The second-order valence-electron chi connectivity index (χ2n) is 3.30. The monoisotopic (exact) mass is 307 g/mol. The summed E-state index contributed by atoms with van der Waals surface area (Å²) in [7, 11) is 0. The van der Waals surface area contributed by atoms with Gasteiger partial charge < -0.3 is 10.5 Å². The molecule has 0 saturated carbocycles. The van der Waals surface area contributed by atoms with Crippen LogP contribution < -0.4 is 10.5 Å². The Morgan fingerprint density at radius 1 is 1.12 bits per heavy atom. The van der Waals surface area contributed by atoms with E-state index in [1.54, 1.807) is 12.1 Å². The second-order valence-corrected chi connectivity index (χ2v) is 5.91. The first-order valence-electron chi connectivity index (χ1n) is 4.68. The number of anilines is 1. The number of nitrogens with two attached hydrogens (primary N) is 1. The van der Waals surface area contributed by atoms with Crippen molar-refractivity contribution in [2.45, 2.75) is 6.61 Å². The Hall–Kier alpha value is -0.610. The normalized spacial score (nSPS) is 10.5. The number of hydrogen-bond donors (Lipinski definition) is 1. The Morgan fingerprint density at radius 2 is 1.82 bits per heavy atom. The van der Waals surface area contributed by atoms with Gasteiger partial charge in [0.15, 0.2) is 0 Å². The van der Waals surface area contributed by atoms with Crippen molar-refractivity contribution in [2.24, 2.45) is 0 Å². The predicted molar refractivity (Wildman–Crippen MR) is 74.5 cm³/mol. The Kier molecular flexibility index (Phi) is 4.05. The Morgan fingerprint density at radius 3 is 2.47 bits per heavy atom. The summed E-state index contributed by atoms with van der Waals surface area (Å²) in [5, 5.41) is 0.829. The number of ether oxygens (including phenoxy) is 1. The molecule has 6 heteroatoms. The van der Waals surface area contributed by atoms with Crippen LogP contribution in [0, 0.1) is 0 Å². The maximum absolute atomic E-state index is 5.89. The number of thiophene rings is 1. The average Bonchev–Trinajstić information content (AvgIpc) is 2.68. The van der Waals surface area contributed by atoms with Crippen LogP contribution in [0.15, 0.2) is 24.3 Å². The summed E-state index contributed by atoms with van der Waals surface area (Å²) in [5.74, 6) is 0.518. The highest BCUT2D eigenvalue weighted by Gasteiger charge is 2.07. The number of hydrogen-bond acceptors (Lipinski definition) is 3. The molecule has 0 spiro atoms. The molecule has 0 aliphatic carbocycles. The molecule has 1 aromatic carbocycles. The minimum Gasteiger partial charge on any atom is -0.486 e. The zero-order valence-electron chi connectivity index (χ0n) is 8.54. The first-order valence-corrected chi connectivity index (χ1v) is 6.63. The van der Waals surface area contributed by atoms with Crippen molar-refractivity contribution in [3.63, 3.8) is 0 Å². The summed E-state index contributed by atoms with van der Waals surface area (Å²) in [6.45, 7) is 0.402. The van der Waals surface area contributed by atoms with Gasteiger partial charge >= 0.3 is 0 Å². The van der Waals surface area contributed by atoms with Gasteiger partial charge in [-0.3, -0.25) is 0 Å². The van der Waals surface area contributed by atoms with Crippen LogP contribution in [0.4, 0.5) is 5.69 Å². The number of nitrogen functional groups attached to an aromatic ring is 1. The van der Waals surface area contributed by atoms with E-state index in [0.29, 0.717) is 28.1 Å². The zero-order valence-corrected chi connectivity index (χ0v) is 11.6. The standard InChI is InChI=1S/C11H8Cl3NOS/c12-7-3-9(15)10(4-8(7)13)16-5-6-1-2-11(14)17-6/h1-4H,5,15H2. The third-order valence-electron chi connectivity index (χ3n) is 2.05. The molecule has 1 heterocycles. The molecule has 2 rings (SSSR count). The molecular weight excluding hydrogens is 301 g/mol.